The molecule has 0 bridgehead atoms. The van der Waals surface area contributed by atoms with Crippen molar-refractivity contribution in [2.45, 2.75) is 12.5 Å². The van der Waals surface area contributed by atoms with Crippen LogP contribution in [0.1, 0.15) is 6.42 Å². The Bertz CT molecular complexity index is 80.4. The summed E-state index contributed by atoms with van der Waals surface area (Å²) < 4.78 is 1.94. The molecular weight excluding hydrogens is 120 g/mol. The quantitative estimate of drug-likeness (QED) is 0.486. The van der Waals surface area contributed by atoms with E-state index in [4.69, 9.17) is 10.2 Å². The Balaban J connectivity index is 2.30. The number of nitrogens with zero attached hydrogens (tertiary/aromatic N) is 1. The lowest BCUT2D eigenvalue weighted by molar-refractivity contribution is -0.0484. The first-order valence-corrected chi connectivity index (χ1v) is 4.91. The van der Waals surface area contributed by atoms with E-state index in [-0.39, 0.29) is 0 Å². The maximum Gasteiger partial charge on any atom is 0.212 e. The Morgan fingerprint density at radius 1 is 1.75 bits per heavy atom. The van der Waals surface area contributed by atoms with Gasteiger partial charge >= 0.3 is 0 Å². The third-order valence-corrected chi connectivity index (χ3v) is 3.69. The molecule has 1 aliphatic heterocycles. The first kappa shape index (κ1) is 6.22. The van der Waals surface area contributed by atoms with E-state index >= 15 is 0 Å². The monoisotopic (exact) mass is 132 g/mol. The van der Waals surface area contributed by atoms with Crippen LogP contribution >= 0.6 is 0 Å². The van der Waals surface area contributed by atoms with Gasteiger partial charge in [0.05, 0.1) is 7.11 Å². The Labute approximate surface area is 51.1 Å². The minimum atomic E-state index is -1.05. The average molecular weight is 132 g/mol. The number of hydrogen-bond acceptors (Lipinski definition) is 3. The van der Waals surface area contributed by atoms with Gasteiger partial charge in [0.15, 0.2) is 0 Å². The van der Waals surface area contributed by atoms with Crippen LogP contribution in [0.4, 0.5) is 0 Å². The second kappa shape index (κ2) is 2.59. The van der Waals surface area contributed by atoms with Crippen molar-refractivity contribution in [1.82, 2.24) is 4.73 Å². The second-order valence-electron chi connectivity index (χ2n) is 2.03. The molecule has 48 valence electrons. The summed E-state index contributed by atoms with van der Waals surface area (Å²) in [5, 5.41) is 5.73. The fourth-order valence-electron chi connectivity index (χ4n) is 0.993. The molecule has 0 spiro atoms. The summed E-state index contributed by atoms with van der Waals surface area (Å²) in [6.07, 6.45) is 1.22. The Hall–Kier alpha value is 0.0969. The van der Waals surface area contributed by atoms with E-state index in [2.05, 4.69) is 0 Å². The molecule has 4 heteroatoms. The van der Waals surface area contributed by atoms with Crippen molar-refractivity contribution in [3.63, 3.8) is 0 Å². The number of nitrogens with two attached hydrogens (primary N) is 1. The van der Waals surface area contributed by atoms with Crippen LogP contribution in [-0.2, 0) is 4.84 Å². The molecule has 1 atom stereocenters. The molecule has 1 saturated heterocycles. The Morgan fingerprint density at radius 2 is 2.50 bits per heavy atom. The summed E-state index contributed by atoms with van der Waals surface area (Å²) in [6, 6.07) is 1.20. The Kier molecular flexibility index (Phi) is 2.01. The van der Waals surface area contributed by atoms with Crippen molar-refractivity contribution in [3.05, 3.63) is 0 Å². The molecule has 1 fully saturated rings. The van der Waals surface area contributed by atoms with Gasteiger partial charge in [0.2, 0.25) is 9.12 Å². The first-order valence-electron chi connectivity index (χ1n) is 2.91. The molecule has 0 aromatic carbocycles. The highest BCUT2D eigenvalue weighted by molar-refractivity contribution is 6.52. The SMILES string of the molecule is CON1CCC[SiH]1N. The maximum absolute atomic E-state index is 5.73. The van der Waals surface area contributed by atoms with Gasteiger partial charge in [-0.2, -0.15) is 0 Å². The Morgan fingerprint density at radius 3 is 2.75 bits per heavy atom. The van der Waals surface area contributed by atoms with E-state index in [0.29, 0.717) is 0 Å². The van der Waals surface area contributed by atoms with E-state index in [1.54, 1.807) is 7.11 Å². The van der Waals surface area contributed by atoms with Crippen LogP contribution in [-0.4, -0.2) is 27.5 Å². The summed E-state index contributed by atoms with van der Waals surface area (Å²) in [5.41, 5.74) is 0. The van der Waals surface area contributed by atoms with Crippen molar-refractivity contribution < 1.29 is 4.84 Å². The van der Waals surface area contributed by atoms with E-state index < -0.39 is 9.12 Å². The molecule has 1 rings (SSSR count). The van der Waals surface area contributed by atoms with Crippen LogP contribution in [0, 0.1) is 0 Å². The maximum atomic E-state index is 5.73. The molecule has 0 aromatic rings. The molecule has 0 saturated carbocycles. The number of hydrogen-bond donors (Lipinski definition) is 1. The highest BCUT2D eigenvalue weighted by Crippen LogP contribution is 2.09. The van der Waals surface area contributed by atoms with Gasteiger partial charge in [-0.25, -0.2) is 4.73 Å². The van der Waals surface area contributed by atoms with Crippen LogP contribution in [0.5, 0.6) is 0 Å². The molecule has 1 heterocycles. The zero-order valence-electron chi connectivity index (χ0n) is 5.13. The summed E-state index contributed by atoms with van der Waals surface area (Å²) >= 11 is 0. The predicted octanol–water partition coefficient (Wildman–Crippen LogP) is -0.567. The standard InChI is InChI=1S/C4H12N2OSi/c1-7-6-3-2-4-8(6)5/h8H,2-5H2,1H3. The summed E-state index contributed by atoms with van der Waals surface area (Å²) in [7, 11) is 0.639. The zero-order valence-corrected chi connectivity index (χ0v) is 6.29. The minimum Gasteiger partial charge on any atom is -0.340 e. The smallest absolute Gasteiger partial charge is 0.212 e. The van der Waals surface area contributed by atoms with Gasteiger partial charge in [0.25, 0.3) is 0 Å². The van der Waals surface area contributed by atoms with E-state index in [9.17, 15) is 0 Å². The second-order valence-corrected chi connectivity index (χ2v) is 4.32. The lowest BCUT2D eigenvalue weighted by atomic mass is 10.5. The first-order chi connectivity index (χ1) is 3.84. The van der Waals surface area contributed by atoms with E-state index in [1.165, 1.54) is 12.5 Å². The van der Waals surface area contributed by atoms with Gasteiger partial charge in [-0.15, -0.1) is 0 Å². The highest BCUT2D eigenvalue weighted by atomic mass is 28.3. The fraction of sp³-hybridized carbons (Fsp3) is 1.00. The molecule has 2 N–H and O–H groups in total. The molecular formula is C4H12N2OSi. The summed E-state index contributed by atoms with van der Waals surface area (Å²) in [6.45, 7) is 1.05. The molecule has 8 heavy (non-hydrogen) atoms. The van der Waals surface area contributed by atoms with Crippen molar-refractivity contribution in [2.75, 3.05) is 13.7 Å². The van der Waals surface area contributed by atoms with Gasteiger partial charge < -0.3 is 10.2 Å². The van der Waals surface area contributed by atoms with E-state index in [0.717, 1.165) is 6.54 Å². The molecule has 0 radical (unpaired) electrons. The molecule has 0 aromatic heterocycles. The van der Waals surface area contributed by atoms with Crippen LogP contribution in [0.15, 0.2) is 0 Å². The van der Waals surface area contributed by atoms with Gasteiger partial charge in [-0.1, -0.05) is 0 Å². The lowest BCUT2D eigenvalue weighted by Crippen LogP contribution is -2.40. The van der Waals surface area contributed by atoms with E-state index in [1.807, 2.05) is 4.73 Å². The lowest BCUT2D eigenvalue weighted by Gasteiger charge is -2.15. The summed E-state index contributed by atoms with van der Waals surface area (Å²) in [5.74, 6) is 0. The number of hydroxylamine groups is 1. The minimum absolute atomic E-state index is 1.05. The third-order valence-electron chi connectivity index (χ3n) is 1.48. The van der Waals surface area contributed by atoms with Crippen molar-refractivity contribution in [2.24, 2.45) is 5.40 Å². The van der Waals surface area contributed by atoms with Crippen LogP contribution in [0.2, 0.25) is 6.04 Å². The molecule has 0 aliphatic carbocycles. The third kappa shape index (κ3) is 1.08. The van der Waals surface area contributed by atoms with Gasteiger partial charge in [-0.05, 0) is 12.5 Å². The summed E-state index contributed by atoms with van der Waals surface area (Å²) in [4.78, 5) is 4.99. The van der Waals surface area contributed by atoms with Crippen LogP contribution in [0.25, 0.3) is 0 Å². The van der Waals surface area contributed by atoms with Gasteiger partial charge in [0, 0.05) is 6.54 Å². The molecule has 3 nitrogen and oxygen atoms in total. The highest BCUT2D eigenvalue weighted by Gasteiger charge is 2.21. The van der Waals surface area contributed by atoms with Crippen LogP contribution < -0.4 is 5.40 Å². The molecule has 0 amide bonds. The zero-order chi connectivity index (χ0) is 5.98. The fourth-order valence-corrected chi connectivity index (χ4v) is 2.67. The largest absolute Gasteiger partial charge is 0.340 e. The number of rotatable bonds is 1. The molecule has 1 unspecified atom stereocenters. The average Bonchev–Trinajstić information content (AvgIpc) is 2.14. The topological polar surface area (TPSA) is 38.5 Å². The molecule has 1 aliphatic rings. The van der Waals surface area contributed by atoms with Crippen molar-refractivity contribution >= 4 is 9.12 Å². The van der Waals surface area contributed by atoms with Crippen molar-refractivity contribution in [3.8, 4) is 0 Å². The van der Waals surface area contributed by atoms with Crippen LogP contribution in [0.3, 0.4) is 0 Å². The van der Waals surface area contributed by atoms with Gasteiger partial charge in [0.1, 0.15) is 0 Å². The van der Waals surface area contributed by atoms with Crippen molar-refractivity contribution in [1.29, 1.82) is 0 Å². The van der Waals surface area contributed by atoms with Gasteiger partial charge in [-0.3, -0.25) is 0 Å². The predicted molar refractivity (Wildman–Crippen MR) is 34.5 cm³/mol. The normalized spacial score (nSPS) is 31.5.